The van der Waals surface area contributed by atoms with E-state index in [0.29, 0.717) is 0 Å². The van der Waals surface area contributed by atoms with Crippen LogP contribution in [-0.2, 0) is 52.8 Å². The van der Waals surface area contributed by atoms with Crippen molar-refractivity contribution in [1.29, 1.82) is 0 Å². The second-order valence-electron chi connectivity index (χ2n) is 4.86. The summed E-state index contributed by atoms with van der Waals surface area (Å²) in [6.07, 6.45) is 0. The summed E-state index contributed by atoms with van der Waals surface area (Å²) in [5, 5.41) is 5.65. The number of rotatable bonds is 0. The van der Waals surface area contributed by atoms with Crippen LogP contribution in [0.1, 0.15) is 0 Å². The maximum atomic E-state index is 4.80. The van der Waals surface area contributed by atoms with E-state index in [4.69, 9.17) is 4.98 Å². The molecular weight excluding hydrogens is 557 g/mol. The maximum Gasteiger partial charge on any atom is 0.118 e. The summed E-state index contributed by atoms with van der Waals surface area (Å²) in [6, 6.07) is 20.1. The first-order chi connectivity index (χ1) is 9.93. The molecule has 114 valence electrons. The first-order valence-electron chi connectivity index (χ1n) is 6.50. The Balaban J connectivity index is 0.000000640. The van der Waals surface area contributed by atoms with Crippen LogP contribution in [0.15, 0.2) is 53.9 Å². The minimum Gasteiger partial charge on any atom is -0.358 e. The van der Waals surface area contributed by atoms with Crippen molar-refractivity contribution in [3.05, 3.63) is 67.4 Å². The van der Waals surface area contributed by atoms with Crippen molar-refractivity contribution >= 4 is 49.0 Å². The molecule has 0 amide bonds. The molecule has 3 heterocycles. The molecule has 0 fully saturated rings. The van der Waals surface area contributed by atoms with Crippen LogP contribution in [0.3, 0.4) is 0 Å². The van der Waals surface area contributed by atoms with Crippen LogP contribution in [0.2, 0.25) is 0 Å². The minimum absolute atomic E-state index is 0. The zero-order chi connectivity index (χ0) is 13.1. The maximum absolute atomic E-state index is 4.80. The van der Waals surface area contributed by atoms with E-state index in [1.807, 2.05) is 12.1 Å². The fourth-order valence-electron chi connectivity index (χ4n) is 2.94. The molecule has 2 nitrogen and oxygen atoms in total. The fourth-order valence-corrected chi connectivity index (χ4v) is 3.79. The van der Waals surface area contributed by atoms with Crippen LogP contribution in [0.4, 0.5) is 0 Å². The number of hydrogen-bond acceptors (Lipinski definition) is 2. The van der Waals surface area contributed by atoms with Gasteiger partial charge in [-0.05, 0) is 22.9 Å². The Kier molecular flexibility index (Phi) is 5.76. The summed E-state index contributed by atoms with van der Waals surface area (Å²) in [5.41, 5.74) is 3.27. The Hall–Kier alpha value is -0.637. The minimum atomic E-state index is 0. The largest absolute Gasteiger partial charge is 0.358 e. The Labute approximate surface area is 177 Å². The molecule has 2 radical (unpaired) electrons. The first kappa shape index (κ1) is 18.7. The molecule has 0 saturated carbocycles. The fraction of sp³-hybridized carbons (Fsp3) is 0. The number of fused-ring (bicyclic) bond motifs is 8. The summed E-state index contributed by atoms with van der Waals surface area (Å²) < 4.78 is 2.26. The molecule has 0 bridgehead atoms. The van der Waals surface area contributed by atoms with E-state index in [0.717, 1.165) is 16.6 Å². The average Bonchev–Trinajstić information content (AvgIpc) is 3.08. The molecular formula is C18H12IrN2SY-2. The normalized spacial score (nSPS) is 10.4. The second-order valence-corrected chi connectivity index (χ2v) is 5.75. The summed E-state index contributed by atoms with van der Waals surface area (Å²) >= 11 is 1.73. The topological polar surface area (TPSA) is 17.3 Å². The number of thiophene rings is 1. The van der Waals surface area contributed by atoms with Crippen molar-refractivity contribution < 1.29 is 52.8 Å². The van der Waals surface area contributed by atoms with Crippen molar-refractivity contribution in [3.63, 3.8) is 0 Å². The van der Waals surface area contributed by atoms with Gasteiger partial charge < -0.3 is 11.8 Å². The zero-order valence-corrected chi connectivity index (χ0v) is 18.5. The van der Waals surface area contributed by atoms with Gasteiger partial charge in [0.2, 0.25) is 0 Å². The van der Waals surface area contributed by atoms with E-state index in [1.54, 1.807) is 11.3 Å². The molecule has 5 aromatic rings. The Morgan fingerprint density at radius 2 is 1.78 bits per heavy atom. The zero-order valence-electron chi connectivity index (χ0n) is 12.4. The molecule has 0 aliphatic rings. The molecule has 3 aromatic heterocycles. The second kappa shape index (κ2) is 7.08. The smallest absolute Gasteiger partial charge is 0.118 e. The van der Waals surface area contributed by atoms with Crippen molar-refractivity contribution in [2.45, 2.75) is 0 Å². The third kappa shape index (κ3) is 2.61. The molecule has 23 heavy (non-hydrogen) atoms. The number of hydrogen-bond donors (Lipinski definition) is 0. The van der Waals surface area contributed by atoms with Gasteiger partial charge in [0.1, 0.15) is 4.83 Å². The van der Waals surface area contributed by atoms with E-state index in [2.05, 4.69) is 52.2 Å². The van der Waals surface area contributed by atoms with Crippen molar-refractivity contribution in [3.8, 4) is 0 Å². The van der Waals surface area contributed by atoms with E-state index >= 15 is 0 Å². The number of para-hydroxylation sites is 1. The molecule has 5 rings (SSSR count). The number of pyridine rings is 1. The molecule has 0 aliphatic heterocycles. The van der Waals surface area contributed by atoms with Gasteiger partial charge in [0, 0.05) is 58.3 Å². The standard InChI is InChI=1S/C17H9N2S.CH3.Ir.Y/c1-2-7-13-11(5-1)12-6-3-4-8-15(12)19-16(13)18-14-9-10-20-17(14)19;;;/h1-6,8-10H;1H3;;/q2*-1;;. The Morgan fingerprint density at radius 1 is 1.00 bits per heavy atom. The van der Waals surface area contributed by atoms with Crippen LogP contribution in [0.5, 0.6) is 0 Å². The van der Waals surface area contributed by atoms with E-state index in [9.17, 15) is 0 Å². The molecule has 0 aliphatic carbocycles. The summed E-state index contributed by atoms with van der Waals surface area (Å²) in [5.74, 6) is 0. The van der Waals surface area contributed by atoms with Gasteiger partial charge >= 0.3 is 0 Å². The van der Waals surface area contributed by atoms with E-state index in [-0.39, 0.29) is 60.2 Å². The third-order valence-corrected chi connectivity index (χ3v) is 4.67. The van der Waals surface area contributed by atoms with Crippen LogP contribution >= 0.6 is 11.3 Å². The Bertz CT molecular complexity index is 1080. The molecule has 2 aromatic carbocycles. The van der Waals surface area contributed by atoms with Gasteiger partial charge in [-0.25, -0.2) is 0 Å². The number of nitrogens with zero attached hydrogens (tertiary/aromatic N) is 2. The predicted octanol–water partition coefficient (Wildman–Crippen LogP) is 5.10. The molecule has 0 saturated heterocycles. The molecule has 0 unspecified atom stereocenters. The van der Waals surface area contributed by atoms with Gasteiger partial charge in [-0.15, -0.1) is 41.0 Å². The summed E-state index contributed by atoms with van der Waals surface area (Å²) in [6.45, 7) is 0. The monoisotopic (exact) mass is 570 g/mol. The molecule has 0 spiro atoms. The van der Waals surface area contributed by atoms with Crippen LogP contribution < -0.4 is 0 Å². The van der Waals surface area contributed by atoms with Crippen LogP contribution in [0.25, 0.3) is 37.7 Å². The van der Waals surface area contributed by atoms with Gasteiger partial charge in [0.25, 0.3) is 0 Å². The third-order valence-electron chi connectivity index (χ3n) is 3.78. The average molecular weight is 569 g/mol. The van der Waals surface area contributed by atoms with Gasteiger partial charge in [0.05, 0.1) is 11.2 Å². The van der Waals surface area contributed by atoms with Crippen LogP contribution in [-0.4, -0.2) is 9.38 Å². The number of benzene rings is 2. The van der Waals surface area contributed by atoms with E-state index < -0.39 is 0 Å². The van der Waals surface area contributed by atoms with Crippen molar-refractivity contribution in [2.24, 2.45) is 0 Å². The van der Waals surface area contributed by atoms with Crippen molar-refractivity contribution in [1.82, 2.24) is 9.38 Å². The molecule has 0 N–H and O–H groups in total. The van der Waals surface area contributed by atoms with Crippen molar-refractivity contribution in [2.75, 3.05) is 0 Å². The first-order valence-corrected chi connectivity index (χ1v) is 7.38. The van der Waals surface area contributed by atoms with Gasteiger partial charge in [-0.3, -0.25) is 4.98 Å². The van der Waals surface area contributed by atoms with Gasteiger partial charge in [-0.1, -0.05) is 23.6 Å². The summed E-state index contributed by atoms with van der Waals surface area (Å²) in [4.78, 5) is 6.00. The van der Waals surface area contributed by atoms with Crippen LogP contribution in [0, 0.1) is 13.5 Å². The molecule has 0 atom stereocenters. The number of aromatic nitrogens is 2. The summed E-state index contributed by atoms with van der Waals surface area (Å²) in [7, 11) is 0. The Morgan fingerprint density at radius 3 is 2.65 bits per heavy atom. The number of imidazole rings is 1. The molecule has 5 heteroatoms. The predicted molar refractivity (Wildman–Crippen MR) is 90.8 cm³/mol. The van der Waals surface area contributed by atoms with Gasteiger partial charge in [-0.2, -0.15) is 0 Å². The SMILES string of the molecule is [CH3-].[Ir].[Y].[c-]1cccc2c1c1nc3ccsc3n1c1ccccc21. The quantitative estimate of drug-likeness (QED) is 0.188. The van der Waals surface area contributed by atoms with Gasteiger partial charge in [0.15, 0.2) is 0 Å². The van der Waals surface area contributed by atoms with E-state index in [1.165, 1.54) is 21.1 Å².